The summed E-state index contributed by atoms with van der Waals surface area (Å²) in [5, 5.41) is 2.75. The molecule has 3 aromatic rings. The van der Waals surface area contributed by atoms with Gasteiger partial charge in [0, 0.05) is 20.1 Å². The summed E-state index contributed by atoms with van der Waals surface area (Å²) in [5.41, 5.74) is 1.40. The number of carbonyl (C=O) groups is 1. The van der Waals surface area contributed by atoms with E-state index in [0.717, 1.165) is 22.7 Å². The van der Waals surface area contributed by atoms with E-state index in [2.05, 4.69) is 5.32 Å². The molecule has 0 unspecified atom stereocenters. The van der Waals surface area contributed by atoms with Crippen molar-refractivity contribution in [2.75, 3.05) is 37.6 Å². The first-order valence-electron chi connectivity index (χ1n) is 12.3. The lowest BCUT2D eigenvalue weighted by atomic mass is 10.1. The fourth-order valence-electron chi connectivity index (χ4n) is 4.15. The zero-order chi connectivity index (χ0) is 27.3. The number of anilines is 1. The lowest BCUT2D eigenvalue weighted by molar-refractivity contribution is 0.0947. The van der Waals surface area contributed by atoms with Crippen LogP contribution in [0.3, 0.4) is 0 Å². The van der Waals surface area contributed by atoms with Crippen LogP contribution in [0.15, 0.2) is 82.6 Å². The largest absolute Gasteiger partial charge is 0.492 e. The monoisotopic (exact) mass is 557 g/mol. The minimum absolute atomic E-state index is 0.133. The predicted molar refractivity (Wildman–Crippen MR) is 145 cm³/mol. The molecule has 11 heteroatoms. The SMILES string of the molecule is Cc1ccc(S(=O)(=O)N(C)c2ccccc2C(=O)NCCOc2ccc(S(=O)(=O)N3CCCC3)cc2)cc1. The maximum atomic E-state index is 13.1. The van der Waals surface area contributed by atoms with Crippen molar-refractivity contribution in [3.63, 3.8) is 0 Å². The number of carbonyl (C=O) groups excluding carboxylic acids is 1. The number of para-hydroxylation sites is 1. The van der Waals surface area contributed by atoms with Crippen molar-refractivity contribution in [1.82, 2.24) is 9.62 Å². The highest BCUT2D eigenvalue weighted by Gasteiger charge is 2.27. The van der Waals surface area contributed by atoms with Gasteiger partial charge in [-0.15, -0.1) is 0 Å². The fourth-order valence-corrected chi connectivity index (χ4v) is 6.88. The third-order valence-corrected chi connectivity index (χ3v) is 10.0. The van der Waals surface area contributed by atoms with Crippen LogP contribution in [-0.2, 0) is 20.0 Å². The molecule has 0 bridgehead atoms. The molecule has 1 saturated heterocycles. The van der Waals surface area contributed by atoms with Gasteiger partial charge >= 0.3 is 0 Å². The molecule has 1 N–H and O–H groups in total. The Morgan fingerprint density at radius 1 is 0.895 bits per heavy atom. The van der Waals surface area contributed by atoms with E-state index in [4.69, 9.17) is 4.74 Å². The molecular formula is C27H31N3O6S2. The average Bonchev–Trinajstić information content (AvgIpc) is 3.47. The maximum absolute atomic E-state index is 13.1. The molecule has 0 atom stereocenters. The Balaban J connectivity index is 1.35. The van der Waals surface area contributed by atoms with Crippen LogP contribution in [0.25, 0.3) is 0 Å². The number of amides is 1. The second kappa shape index (κ2) is 11.5. The van der Waals surface area contributed by atoms with Gasteiger partial charge in [-0.1, -0.05) is 29.8 Å². The number of aryl methyl sites for hydroxylation is 1. The molecule has 1 aliphatic rings. The van der Waals surface area contributed by atoms with Crippen molar-refractivity contribution in [2.45, 2.75) is 29.6 Å². The van der Waals surface area contributed by atoms with Gasteiger partial charge in [0.15, 0.2) is 0 Å². The lowest BCUT2D eigenvalue weighted by Gasteiger charge is -2.22. The Kier molecular flexibility index (Phi) is 8.39. The molecule has 0 spiro atoms. The minimum atomic E-state index is -3.86. The average molecular weight is 558 g/mol. The van der Waals surface area contributed by atoms with Gasteiger partial charge in [-0.3, -0.25) is 9.10 Å². The molecule has 0 aromatic heterocycles. The Morgan fingerprint density at radius 2 is 1.50 bits per heavy atom. The Morgan fingerprint density at radius 3 is 2.16 bits per heavy atom. The molecular weight excluding hydrogens is 526 g/mol. The van der Waals surface area contributed by atoms with E-state index in [-0.39, 0.29) is 34.2 Å². The van der Waals surface area contributed by atoms with Crippen LogP contribution < -0.4 is 14.4 Å². The van der Waals surface area contributed by atoms with Gasteiger partial charge in [-0.25, -0.2) is 16.8 Å². The third kappa shape index (κ3) is 6.01. The van der Waals surface area contributed by atoms with Gasteiger partial charge in [0.05, 0.1) is 27.6 Å². The second-order valence-corrected chi connectivity index (χ2v) is 12.9. The molecule has 1 fully saturated rings. The minimum Gasteiger partial charge on any atom is -0.492 e. The van der Waals surface area contributed by atoms with Crippen molar-refractivity contribution in [2.24, 2.45) is 0 Å². The summed E-state index contributed by atoms with van der Waals surface area (Å²) in [6, 6.07) is 19.2. The number of ether oxygens (including phenoxy) is 1. The van der Waals surface area contributed by atoms with Crippen LogP contribution in [0.5, 0.6) is 5.75 Å². The number of hydrogen-bond donors (Lipinski definition) is 1. The van der Waals surface area contributed by atoms with E-state index < -0.39 is 26.0 Å². The smallest absolute Gasteiger partial charge is 0.264 e. The standard InChI is InChI=1S/C27H31N3O6S2/c1-21-9-13-23(14-10-21)37(32,33)29(2)26-8-4-3-7-25(26)27(31)28-17-20-36-22-11-15-24(16-12-22)38(34,35)30-18-5-6-19-30/h3-4,7-16H,5-6,17-20H2,1-2H3,(H,28,31). The van der Waals surface area contributed by atoms with Crippen LogP contribution in [0, 0.1) is 6.92 Å². The number of hydrogen-bond acceptors (Lipinski definition) is 6. The van der Waals surface area contributed by atoms with Crippen LogP contribution in [-0.4, -0.2) is 60.3 Å². The zero-order valence-electron chi connectivity index (χ0n) is 21.3. The molecule has 0 radical (unpaired) electrons. The molecule has 1 amide bonds. The quantitative estimate of drug-likeness (QED) is 0.382. The Labute approximate surface area is 224 Å². The van der Waals surface area contributed by atoms with Crippen molar-refractivity contribution in [3.05, 3.63) is 83.9 Å². The Bertz CT molecular complexity index is 1480. The first kappa shape index (κ1) is 27.6. The van der Waals surface area contributed by atoms with Gasteiger partial charge in [0.2, 0.25) is 10.0 Å². The first-order valence-corrected chi connectivity index (χ1v) is 15.1. The maximum Gasteiger partial charge on any atom is 0.264 e. The first-order chi connectivity index (χ1) is 18.1. The van der Waals surface area contributed by atoms with E-state index in [1.54, 1.807) is 48.5 Å². The zero-order valence-corrected chi connectivity index (χ0v) is 23.0. The summed E-state index contributed by atoms with van der Waals surface area (Å²) in [6.07, 6.45) is 1.74. The van der Waals surface area contributed by atoms with Crippen molar-refractivity contribution < 1.29 is 26.4 Å². The van der Waals surface area contributed by atoms with Gasteiger partial charge in [0.1, 0.15) is 12.4 Å². The van der Waals surface area contributed by atoms with Gasteiger partial charge in [-0.05, 0) is 68.3 Å². The topological polar surface area (TPSA) is 113 Å². The van der Waals surface area contributed by atoms with Crippen LogP contribution >= 0.6 is 0 Å². The van der Waals surface area contributed by atoms with Gasteiger partial charge < -0.3 is 10.1 Å². The molecule has 1 heterocycles. The summed E-state index contributed by atoms with van der Waals surface area (Å²) in [6.45, 7) is 3.26. The predicted octanol–water partition coefficient (Wildman–Crippen LogP) is 3.41. The van der Waals surface area contributed by atoms with Crippen molar-refractivity contribution in [1.29, 1.82) is 0 Å². The van der Waals surface area contributed by atoms with Crippen molar-refractivity contribution >= 4 is 31.6 Å². The van der Waals surface area contributed by atoms with E-state index in [9.17, 15) is 21.6 Å². The van der Waals surface area contributed by atoms with E-state index in [1.165, 1.54) is 35.6 Å². The lowest BCUT2D eigenvalue weighted by Crippen LogP contribution is -2.32. The molecule has 0 aliphatic carbocycles. The highest BCUT2D eigenvalue weighted by atomic mass is 32.2. The molecule has 0 saturated carbocycles. The number of benzene rings is 3. The summed E-state index contributed by atoms with van der Waals surface area (Å²) >= 11 is 0. The molecule has 38 heavy (non-hydrogen) atoms. The van der Waals surface area contributed by atoms with Gasteiger partial charge in [0.25, 0.3) is 15.9 Å². The summed E-state index contributed by atoms with van der Waals surface area (Å²) in [7, 11) is -5.94. The van der Waals surface area contributed by atoms with E-state index in [0.29, 0.717) is 18.8 Å². The molecule has 9 nitrogen and oxygen atoms in total. The highest BCUT2D eigenvalue weighted by Crippen LogP contribution is 2.26. The van der Waals surface area contributed by atoms with Crippen LogP contribution in [0.4, 0.5) is 5.69 Å². The van der Waals surface area contributed by atoms with Gasteiger partial charge in [-0.2, -0.15) is 4.31 Å². The number of sulfonamides is 2. The third-order valence-electron chi connectivity index (χ3n) is 6.35. The number of nitrogens with zero attached hydrogens (tertiary/aromatic N) is 2. The summed E-state index contributed by atoms with van der Waals surface area (Å²) in [4.78, 5) is 13.3. The highest BCUT2D eigenvalue weighted by molar-refractivity contribution is 7.92. The van der Waals surface area contributed by atoms with E-state index in [1.807, 2.05) is 6.92 Å². The molecule has 1 aliphatic heterocycles. The van der Waals surface area contributed by atoms with Crippen LogP contribution in [0.1, 0.15) is 28.8 Å². The van der Waals surface area contributed by atoms with E-state index >= 15 is 0 Å². The molecule has 4 rings (SSSR count). The number of nitrogens with one attached hydrogen (secondary N) is 1. The summed E-state index contributed by atoms with van der Waals surface area (Å²) < 4.78 is 59.8. The fraction of sp³-hybridized carbons (Fsp3) is 0.296. The normalized spacial score (nSPS) is 14.3. The Hall–Kier alpha value is -3.41. The molecule has 202 valence electrons. The number of rotatable bonds is 10. The molecule has 3 aromatic carbocycles. The summed E-state index contributed by atoms with van der Waals surface area (Å²) in [5.74, 6) is 0.0335. The van der Waals surface area contributed by atoms with Crippen LogP contribution in [0.2, 0.25) is 0 Å². The second-order valence-electron chi connectivity index (χ2n) is 8.99. The van der Waals surface area contributed by atoms with Crippen molar-refractivity contribution in [3.8, 4) is 5.75 Å².